The van der Waals surface area contributed by atoms with E-state index in [2.05, 4.69) is 0 Å². The smallest absolute Gasteiger partial charge is 0.373 e. The molecule has 0 spiro atoms. The van der Waals surface area contributed by atoms with E-state index in [1.807, 2.05) is 38.3 Å². The number of thiophene rings is 2. The number of ether oxygens (including phenoxy) is 1. The van der Waals surface area contributed by atoms with Crippen LogP contribution in [0.25, 0.3) is 20.7 Å². The number of aromatic nitrogens is 2. The Labute approximate surface area is 175 Å². The van der Waals surface area contributed by atoms with Crippen molar-refractivity contribution in [3.63, 3.8) is 0 Å². The lowest BCUT2D eigenvalue weighted by atomic mass is 10.1. The van der Waals surface area contributed by atoms with E-state index in [1.54, 1.807) is 39.4 Å². The van der Waals surface area contributed by atoms with Gasteiger partial charge in [-0.05, 0) is 30.5 Å². The van der Waals surface area contributed by atoms with Gasteiger partial charge in [-0.15, -0.1) is 22.7 Å². The molecule has 0 aliphatic heterocycles. The third-order valence-corrected chi connectivity index (χ3v) is 6.55. The van der Waals surface area contributed by atoms with Crippen molar-refractivity contribution in [3.05, 3.63) is 62.2 Å². The first-order chi connectivity index (χ1) is 13.9. The van der Waals surface area contributed by atoms with Crippen LogP contribution in [0, 0.1) is 6.92 Å². The second-order valence-electron chi connectivity index (χ2n) is 6.96. The fourth-order valence-electron chi connectivity index (χ4n) is 3.35. The molecule has 0 radical (unpaired) electrons. The molecule has 0 fully saturated rings. The lowest BCUT2D eigenvalue weighted by Gasteiger charge is -2.14. The Bertz CT molecular complexity index is 1250. The second-order valence-corrected chi connectivity index (χ2v) is 9.12. The van der Waals surface area contributed by atoms with Crippen molar-refractivity contribution < 1.29 is 13.9 Å². The summed E-state index contributed by atoms with van der Waals surface area (Å²) < 4.78 is 11.9. The topological polar surface area (TPSA) is 74.3 Å². The number of carbonyl (C=O) groups excluding carboxylic acids is 1. The Kier molecular flexibility index (Phi) is 5.14. The minimum Gasteiger partial charge on any atom is -0.463 e. The molecular formula is C21H20N2O4S2. The normalized spacial score (nSPS) is 11.5. The predicted molar refractivity (Wildman–Crippen MR) is 115 cm³/mol. The molecule has 4 heterocycles. The summed E-state index contributed by atoms with van der Waals surface area (Å²) in [4.78, 5) is 33.0. The number of furan rings is 1. The number of methoxy groups -OCH3 is 1. The average Bonchev–Trinajstić information content (AvgIpc) is 3.42. The molecule has 0 unspecified atom stereocenters. The van der Waals surface area contributed by atoms with Crippen LogP contribution in [0.15, 0.2) is 38.9 Å². The monoisotopic (exact) mass is 428 g/mol. The number of hydrogen-bond acceptors (Lipinski definition) is 7. The first-order valence-corrected chi connectivity index (χ1v) is 10.8. The predicted octanol–water partition coefficient (Wildman–Crippen LogP) is 5.05. The van der Waals surface area contributed by atoms with E-state index >= 15 is 0 Å². The summed E-state index contributed by atoms with van der Waals surface area (Å²) in [7, 11) is 1.30. The van der Waals surface area contributed by atoms with E-state index in [-0.39, 0.29) is 23.8 Å². The van der Waals surface area contributed by atoms with Gasteiger partial charge in [0.25, 0.3) is 5.56 Å². The fraction of sp³-hybridized carbons (Fsp3) is 0.286. The van der Waals surface area contributed by atoms with E-state index in [4.69, 9.17) is 14.1 Å². The summed E-state index contributed by atoms with van der Waals surface area (Å²) in [6, 6.07) is 7.24. The molecule has 0 N–H and O–H groups in total. The van der Waals surface area contributed by atoms with Gasteiger partial charge in [-0.2, -0.15) is 0 Å². The molecular weight excluding hydrogens is 408 g/mol. The van der Waals surface area contributed by atoms with Crippen LogP contribution in [0.1, 0.15) is 46.8 Å². The van der Waals surface area contributed by atoms with Crippen molar-refractivity contribution in [1.82, 2.24) is 9.55 Å². The summed E-state index contributed by atoms with van der Waals surface area (Å²) in [6.45, 7) is 6.24. The molecule has 0 bridgehead atoms. The number of fused-ring (bicyclic) bond motifs is 1. The van der Waals surface area contributed by atoms with Crippen LogP contribution in [0.2, 0.25) is 0 Å². The standard InChI is InChI=1S/C21H20N2O4S2/c1-11(2)18-22-19-17(16(12(3)29-19)15-6-5-9-28-15)20(24)23(18)10-13-7-8-14(27-13)21(25)26-4/h5-9,11H,10H2,1-4H3. The van der Waals surface area contributed by atoms with Gasteiger partial charge in [0.1, 0.15) is 16.4 Å². The maximum atomic E-state index is 13.6. The number of nitrogens with zero attached hydrogens (tertiary/aromatic N) is 2. The van der Waals surface area contributed by atoms with Crippen LogP contribution >= 0.6 is 22.7 Å². The van der Waals surface area contributed by atoms with Crippen molar-refractivity contribution in [1.29, 1.82) is 0 Å². The zero-order chi connectivity index (χ0) is 20.7. The zero-order valence-corrected chi connectivity index (χ0v) is 18.1. The van der Waals surface area contributed by atoms with Gasteiger partial charge in [-0.1, -0.05) is 19.9 Å². The Balaban J connectivity index is 1.90. The van der Waals surface area contributed by atoms with Gasteiger partial charge in [-0.3, -0.25) is 9.36 Å². The molecule has 150 valence electrons. The highest BCUT2D eigenvalue weighted by atomic mass is 32.1. The van der Waals surface area contributed by atoms with Gasteiger partial charge in [0.15, 0.2) is 0 Å². The highest BCUT2D eigenvalue weighted by Crippen LogP contribution is 2.38. The molecule has 0 amide bonds. The molecule has 4 aromatic rings. The Morgan fingerprint density at radius 2 is 2.10 bits per heavy atom. The summed E-state index contributed by atoms with van der Waals surface area (Å²) >= 11 is 3.15. The Morgan fingerprint density at radius 1 is 1.31 bits per heavy atom. The summed E-state index contributed by atoms with van der Waals surface area (Å²) in [5.41, 5.74) is 0.860. The third kappa shape index (κ3) is 3.42. The van der Waals surface area contributed by atoms with Crippen LogP contribution in [-0.2, 0) is 11.3 Å². The van der Waals surface area contributed by atoms with Gasteiger partial charge in [0.2, 0.25) is 5.76 Å². The maximum Gasteiger partial charge on any atom is 0.373 e. The van der Waals surface area contributed by atoms with Crippen LogP contribution in [0.3, 0.4) is 0 Å². The fourth-order valence-corrected chi connectivity index (χ4v) is 5.28. The zero-order valence-electron chi connectivity index (χ0n) is 16.5. The number of carbonyl (C=O) groups is 1. The van der Waals surface area contributed by atoms with Crippen LogP contribution in [-0.4, -0.2) is 22.6 Å². The molecule has 4 rings (SSSR count). The minimum atomic E-state index is -0.547. The highest BCUT2D eigenvalue weighted by molar-refractivity contribution is 7.20. The largest absolute Gasteiger partial charge is 0.463 e. The number of hydrogen-bond donors (Lipinski definition) is 0. The molecule has 4 aromatic heterocycles. The lowest BCUT2D eigenvalue weighted by molar-refractivity contribution is 0.0563. The molecule has 29 heavy (non-hydrogen) atoms. The molecule has 6 nitrogen and oxygen atoms in total. The first-order valence-electron chi connectivity index (χ1n) is 9.15. The number of rotatable bonds is 5. The van der Waals surface area contributed by atoms with Crippen molar-refractivity contribution >= 4 is 38.9 Å². The summed E-state index contributed by atoms with van der Waals surface area (Å²) in [5.74, 6) is 0.809. The van der Waals surface area contributed by atoms with Crippen LogP contribution in [0.4, 0.5) is 0 Å². The molecule has 0 aromatic carbocycles. The molecule has 0 aliphatic carbocycles. The van der Waals surface area contributed by atoms with Gasteiger partial charge in [0.05, 0.1) is 19.0 Å². The van der Waals surface area contributed by atoms with Gasteiger partial charge < -0.3 is 9.15 Å². The van der Waals surface area contributed by atoms with Crippen LogP contribution < -0.4 is 5.56 Å². The quantitative estimate of drug-likeness (QED) is 0.416. The van der Waals surface area contributed by atoms with E-state index < -0.39 is 5.97 Å². The number of aryl methyl sites for hydroxylation is 1. The van der Waals surface area contributed by atoms with E-state index in [1.165, 1.54) is 7.11 Å². The van der Waals surface area contributed by atoms with E-state index in [0.29, 0.717) is 17.0 Å². The van der Waals surface area contributed by atoms with E-state index in [9.17, 15) is 9.59 Å². The molecule has 8 heteroatoms. The van der Waals surface area contributed by atoms with E-state index in [0.717, 1.165) is 20.1 Å². The molecule has 0 saturated carbocycles. The van der Waals surface area contributed by atoms with Crippen molar-refractivity contribution in [2.75, 3.05) is 7.11 Å². The number of esters is 1. The molecule has 0 saturated heterocycles. The first kappa shape index (κ1) is 19.6. The summed E-state index contributed by atoms with van der Waals surface area (Å²) in [6.07, 6.45) is 0. The van der Waals surface area contributed by atoms with Gasteiger partial charge in [0, 0.05) is 21.2 Å². The van der Waals surface area contributed by atoms with Crippen molar-refractivity contribution in [2.24, 2.45) is 0 Å². The Hall–Kier alpha value is -2.71. The van der Waals surface area contributed by atoms with Gasteiger partial charge >= 0.3 is 5.97 Å². The SMILES string of the molecule is COC(=O)c1ccc(Cn2c(C(C)C)nc3sc(C)c(-c4cccs4)c3c2=O)o1. The highest BCUT2D eigenvalue weighted by Gasteiger charge is 2.22. The average molecular weight is 429 g/mol. The van der Waals surface area contributed by atoms with Crippen LogP contribution in [0.5, 0.6) is 0 Å². The Morgan fingerprint density at radius 3 is 2.76 bits per heavy atom. The molecule has 0 atom stereocenters. The van der Waals surface area contributed by atoms with Crippen molar-refractivity contribution in [3.8, 4) is 10.4 Å². The molecule has 0 aliphatic rings. The second kappa shape index (κ2) is 7.61. The third-order valence-electron chi connectivity index (χ3n) is 4.66. The van der Waals surface area contributed by atoms with Crippen molar-refractivity contribution in [2.45, 2.75) is 33.2 Å². The van der Waals surface area contributed by atoms with Gasteiger partial charge in [-0.25, -0.2) is 9.78 Å². The lowest BCUT2D eigenvalue weighted by Crippen LogP contribution is -2.26. The maximum absolute atomic E-state index is 13.6. The minimum absolute atomic E-state index is 0.0507. The summed E-state index contributed by atoms with van der Waals surface area (Å²) in [5, 5.41) is 2.64.